The number of hydrogen-bond acceptors (Lipinski definition) is 4. The van der Waals surface area contributed by atoms with Crippen molar-refractivity contribution < 1.29 is 14.3 Å². The van der Waals surface area contributed by atoms with Gasteiger partial charge in [-0.25, -0.2) is 0 Å². The topological polar surface area (TPSA) is 51.7 Å². The van der Waals surface area contributed by atoms with E-state index < -0.39 is 0 Å². The van der Waals surface area contributed by atoms with Crippen molar-refractivity contribution in [3.63, 3.8) is 0 Å². The van der Waals surface area contributed by atoms with Gasteiger partial charge in [-0.15, -0.1) is 0 Å². The fourth-order valence-electron chi connectivity index (χ4n) is 4.20. The van der Waals surface area contributed by atoms with E-state index in [-0.39, 0.29) is 12.0 Å². The second-order valence-electron chi connectivity index (χ2n) is 8.67. The van der Waals surface area contributed by atoms with Gasteiger partial charge in [0, 0.05) is 24.7 Å². The van der Waals surface area contributed by atoms with Gasteiger partial charge in [-0.05, 0) is 53.1 Å². The van der Waals surface area contributed by atoms with E-state index in [1.165, 1.54) is 0 Å². The summed E-state index contributed by atoms with van der Waals surface area (Å²) >= 11 is 0. The summed E-state index contributed by atoms with van der Waals surface area (Å²) in [5.74, 6) is 0.794. The standard InChI is InChI=1S/C30H28N2O3/c33-30(26-13-11-25(12-14-26)24-6-2-1-3-7-24)32(21-27-8-4-5-18-31-27)20-23-9-15-28(16-10-23)35-29-17-19-34-22-29/h1-16,18,29H,17,19-22H2/t29-/m0/s1. The Balaban J connectivity index is 1.33. The minimum Gasteiger partial charge on any atom is -0.488 e. The third-order valence-corrected chi connectivity index (χ3v) is 6.09. The minimum atomic E-state index is -0.0290. The minimum absolute atomic E-state index is 0.0290. The van der Waals surface area contributed by atoms with E-state index in [1.54, 1.807) is 6.20 Å². The highest BCUT2D eigenvalue weighted by Crippen LogP contribution is 2.22. The highest BCUT2D eigenvalue weighted by molar-refractivity contribution is 5.94. The normalized spacial score (nSPS) is 15.0. The van der Waals surface area contributed by atoms with Crippen molar-refractivity contribution in [2.45, 2.75) is 25.6 Å². The van der Waals surface area contributed by atoms with Crippen LogP contribution in [0.2, 0.25) is 0 Å². The molecule has 1 saturated heterocycles. The van der Waals surface area contributed by atoms with Crippen molar-refractivity contribution in [2.24, 2.45) is 0 Å². The number of hydrogen-bond donors (Lipinski definition) is 0. The SMILES string of the molecule is O=C(c1ccc(-c2ccccc2)cc1)N(Cc1ccc(O[C@H]2CCOC2)cc1)Cc1ccccn1. The number of benzene rings is 3. The van der Waals surface area contributed by atoms with E-state index in [9.17, 15) is 4.79 Å². The molecule has 1 aliphatic heterocycles. The zero-order valence-electron chi connectivity index (χ0n) is 19.5. The molecule has 5 nitrogen and oxygen atoms in total. The van der Waals surface area contributed by atoms with Gasteiger partial charge in [-0.3, -0.25) is 9.78 Å². The van der Waals surface area contributed by atoms with Gasteiger partial charge in [0.05, 0.1) is 25.5 Å². The van der Waals surface area contributed by atoms with Crippen molar-refractivity contribution in [3.8, 4) is 16.9 Å². The lowest BCUT2D eigenvalue weighted by atomic mass is 10.0. The van der Waals surface area contributed by atoms with E-state index in [0.29, 0.717) is 25.3 Å². The van der Waals surface area contributed by atoms with Crippen LogP contribution in [0.4, 0.5) is 0 Å². The van der Waals surface area contributed by atoms with Gasteiger partial charge in [-0.2, -0.15) is 0 Å². The van der Waals surface area contributed by atoms with Crippen molar-refractivity contribution >= 4 is 5.91 Å². The quantitative estimate of drug-likeness (QED) is 0.333. The van der Waals surface area contributed by atoms with Crippen LogP contribution in [0.3, 0.4) is 0 Å². The Bertz CT molecular complexity index is 1220. The predicted molar refractivity (Wildman–Crippen MR) is 136 cm³/mol. The molecule has 0 radical (unpaired) electrons. The predicted octanol–water partition coefficient (Wildman–Crippen LogP) is 5.76. The number of rotatable bonds is 8. The van der Waals surface area contributed by atoms with E-state index in [4.69, 9.17) is 9.47 Å². The van der Waals surface area contributed by atoms with Crippen LogP contribution >= 0.6 is 0 Å². The summed E-state index contributed by atoms with van der Waals surface area (Å²) in [5, 5.41) is 0. The van der Waals surface area contributed by atoms with E-state index in [2.05, 4.69) is 17.1 Å². The Morgan fingerprint density at radius 3 is 2.29 bits per heavy atom. The van der Waals surface area contributed by atoms with Gasteiger partial charge in [0.2, 0.25) is 0 Å². The highest BCUT2D eigenvalue weighted by atomic mass is 16.5. The highest BCUT2D eigenvalue weighted by Gasteiger charge is 2.19. The molecule has 1 amide bonds. The number of ether oxygens (including phenoxy) is 2. The third-order valence-electron chi connectivity index (χ3n) is 6.09. The summed E-state index contributed by atoms with van der Waals surface area (Å²) in [5.41, 5.74) is 4.75. The summed E-state index contributed by atoms with van der Waals surface area (Å²) in [6, 6.07) is 31.7. The molecule has 0 saturated carbocycles. The first-order valence-electron chi connectivity index (χ1n) is 11.9. The molecule has 0 spiro atoms. The van der Waals surface area contributed by atoms with Crippen LogP contribution in [0.15, 0.2) is 103 Å². The molecule has 3 aromatic carbocycles. The van der Waals surface area contributed by atoms with E-state index in [0.717, 1.165) is 41.2 Å². The number of amides is 1. The smallest absolute Gasteiger partial charge is 0.254 e. The van der Waals surface area contributed by atoms with Crippen molar-refractivity contribution in [3.05, 3.63) is 120 Å². The number of carbonyl (C=O) groups is 1. The lowest BCUT2D eigenvalue weighted by molar-refractivity contribution is 0.0728. The number of nitrogens with zero attached hydrogens (tertiary/aromatic N) is 2. The molecule has 0 aliphatic carbocycles. The largest absolute Gasteiger partial charge is 0.488 e. The van der Waals surface area contributed by atoms with Crippen LogP contribution in [-0.4, -0.2) is 35.1 Å². The van der Waals surface area contributed by atoms with Crippen molar-refractivity contribution in [1.29, 1.82) is 0 Å². The van der Waals surface area contributed by atoms with Crippen LogP contribution in [0.25, 0.3) is 11.1 Å². The molecule has 1 fully saturated rings. The summed E-state index contributed by atoms with van der Waals surface area (Å²) in [4.78, 5) is 19.8. The Hall–Kier alpha value is -3.96. The lowest BCUT2D eigenvalue weighted by Crippen LogP contribution is -2.30. The molecule has 5 rings (SSSR count). The van der Waals surface area contributed by atoms with Gasteiger partial charge in [0.1, 0.15) is 11.9 Å². The van der Waals surface area contributed by atoms with Gasteiger partial charge in [0.25, 0.3) is 5.91 Å². The molecular formula is C30H28N2O3. The average molecular weight is 465 g/mol. The van der Waals surface area contributed by atoms with Crippen LogP contribution in [0.5, 0.6) is 5.75 Å². The Labute approximate surface area is 206 Å². The molecule has 0 N–H and O–H groups in total. The van der Waals surface area contributed by atoms with Crippen molar-refractivity contribution in [1.82, 2.24) is 9.88 Å². The van der Waals surface area contributed by atoms with Gasteiger partial charge >= 0.3 is 0 Å². The molecule has 4 aromatic rings. The average Bonchev–Trinajstić information content (AvgIpc) is 3.43. The van der Waals surface area contributed by atoms with Crippen LogP contribution in [0.1, 0.15) is 28.0 Å². The molecule has 176 valence electrons. The van der Waals surface area contributed by atoms with Crippen LogP contribution in [0, 0.1) is 0 Å². The van der Waals surface area contributed by atoms with Gasteiger partial charge in [-0.1, -0.05) is 60.7 Å². The van der Waals surface area contributed by atoms with E-state index >= 15 is 0 Å². The second-order valence-corrected chi connectivity index (χ2v) is 8.67. The Kier molecular flexibility index (Phi) is 7.16. The maximum Gasteiger partial charge on any atom is 0.254 e. The molecule has 2 heterocycles. The Morgan fingerprint density at radius 1 is 0.857 bits per heavy atom. The maximum absolute atomic E-state index is 13.6. The second kappa shape index (κ2) is 11.0. The van der Waals surface area contributed by atoms with Crippen LogP contribution in [-0.2, 0) is 17.8 Å². The first-order chi connectivity index (χ1) is 17.2. The van der Waals surface area contributed by atoms with E-state index in [1.807, 2.05) is 89.8 Å². The molecule has 0 unspecified atom stereocenters. The number of pyridine rings is 1. The first-order valence-corrected chi connectivity index (χ1v) is 11.9. The van der Waals surface area contributed by atoms with Crippen LogP contribution < -0.4 is 4.74 Å². The first kappa shape index (κ1) is 22.8. The molecule has 1 aliphatic rings. The summed E-state index contributed by atoms with van der Waals surface area (Å²) < 4.78 is 11.4. The zero-order chi connectivity index (χ0) is 23.9. The monoisotopic (exact) mass is 464 g/mol. The molecule has 1 aromatic heterocycles. The fraction of sp³-hybridized carbons (Fsp3) is 0.200. The molecule has 35 heavy (non-hydrogen) atoms. The zero-order valence-corrected chi connectivity index (χ0v) is 19.5. The lowest BCUT2D eigenvalue weighted by Gasteiger charge is -2.23. The maximum atomic E-state index is 13.6. The third kappa shape index (κ3) is 5.94. The molecule has 0 bridgehead atoms. The Morgan fingerprint density at radius 2 is 1.60 bits per heavy atom. The molecule has 5 heteroatoms. The summed E-state index contributed by atoms with van der Waals surface area (Å²) in [6.45, 7) is 2.29. The van der Waals surface area contributed by atoms with Gasteiger partial charge < -0.3 is 14.4 Å². The fourth-order valence-corrected chi connectivity index (χ4v) is 4.20. The summed E-state index contributed by atoms with van der Waals surface area (Å²) in [7, 11) is 0. The number of aromatic nitrogens is 1. The molecule has 1 atom stereocenters. The molecular weight excluding hydrogens is 436 g/mol. The number of carbonyl (C=O) groups excluding carboxylic acids is 1. The van der Waals surface area contributed by atoms with Crippen molar-refractivity contribution in [2.75, 3.05) is 13.2 Å². The van der Waals surface area contributed by atoms with Gasteiger partial charge in [0.15, 0.2) is 0 Å². The summed E-state index contributed by atoms with van der Waals surface area (Å²) in [6.07, 6.45) is 2.78.